The van der Waals surface area contributed by atoms with Crippen molar-refractivity contribution in [2.45, 2.75) is 89.3 Å². The monoisotopic (exact) mass is 404 g/mol. The molecule has 0 radical (unpaired) electrons. The summed E-state index contributed by atoms with van der Waals surface area (Å²) in [7, 11) is 0. The van der Waals surface area contributed by atoms with Crippen LogP contribution in [0.5, 0.6) is 0 Å². The van der Waals surface area contributed by atoms with E-state index in [1.807, 2.05) is 0 Å². The van der Waals surface area contributed by atoms with Crippen LogP contribution in [0.4, 0.5) is 11.4 Å². The normalized spacial score (nSPS) is 14.6. The maximum absolute atomic E-state index is 2.53. The van der Waals surface area contributed by atoms with Crippen molar-refractivity contribution in [1.29, 1.82) is 0 Å². The van der Waals surface area contributed by atoms with Crippen LogP contribution < -0.4 is 9.80 Å². The van der Waals surface area contributed by atoms with Crippen molar-refractivity contribution in [2.75, 3.05) is 9.80 Å². The van der Waals surface area contributed by atoms with Crippen molar-refractivity contribution >= 4 is 11.4 Å². The lowest BCUT2D eigenvalue weighted by atomic mass is 9.91. The van der Waals surface area contributed by atoms with E-state index in [-0.39, 0.29) is 6.17 Å². The van der Waals surface area contributed by atoms with E-state index in [4.69, 9.17) is 0 Å². The average Bonchev–Trinajstić information content (AvgIpc) is 3.12. The Labute approximate surface area is 184 Å². The van der Waals surface area contributed by atoms with Gasteiger partial charge in [0.15, 0.2) is 0 Å². The van der Waals surface area contributed by atoms with Crippen LogP contribution in [-0.4, -0.2) is 6.17 Å². The summed E-state index contributed by atoms with van der Waals surface area (Å²) in [4.78, 5) is 5.05. The molecule has 2 nitrogen and oxygen atoms in total. The summed E-state index contributed by atoms with van der Waals surface area (Å²) >= 11 is 0. The van der Waals surface area contributed by atoms with E-state index in [9.17, 15) is 0 Å². The second-order valence-electron chi connectivity index (χ2n) is 9.72. The maximum Gasteiger partial charge on any atom is 0.112 e. The molecule has 0 fully saturated rings. The summed E-state index contributed by atoms with van der Waals surface area (Å²) in [5, 5.41) is 0. The molecule has 0 spiro atoms. The molecule has 0 aromatic heterocycles. The first kappa shape index (κ1) is 22.5. The fraction of sp³-hybridized carbons (Fsp3) is 0.500. The smallest absolute Gasteiger partial charge is 0.112 e. The molecule has 162 valence electrons. The largest absolute Gasteiger partial charge is 0.325 e. The van der Waals surface area contributed by atoms with Gasteiger partial charge in [-0.1, -0.05) is 13.8 Å². The Morgan fingerprint density at radius 2 is 0.700 bits per heavy atom. The summed E-state index contributed by atoms with van der Waals surface area (Å²) in [6, 6.07) is 0. The van der Waals surface area contributed by atoms with Crippen LogP contribution in [0, 0.1) is 75.2 Å². The van der Waals surface area contributed by atoms with Gasteiger partial charge in [0.2, 0.25) is 0 Å². The van der Waals surface area contributed by atoms with Gasteiger partial charge in [-0.3, -0.25) is 0 Å². The Balaban J connectivity index is 2.22. The molecule has 1 aliphatic heterocycles. The van der Waals surface area contributed by atoms with Crippen LogP contribution in [0.2, 0.25) is 0 Å². The standard InChI is InChI=1S/C28H40N2/c1-15(2)28-29(26-22(9)18(5)16(3)19(6)23(26)10)13-14-30(28)27-24(11)20(7)17(4)21(8)25(27)12/h13-15,28H,1-12H3. The summed E-state index contributed by atoms with van der Waals surface area (Å²) in [5.74, 6) is 0.474. The minimum absolute atomic E-state index is 0.266. The highest BCUT2D eigenvalue weighted by Gasteiger charge is 2.35. The predicted octanol–water partition coefficient (Wildman–Crippen LogP) is 7.55. The molecule has 2 aromatic rings. The van der Waals surface area contributed by atoms with E-state index in [2.05, 4.69) is 105 Å². The molecular weight excluding hydrogens is 364 g/mol. The van der Waals surface area contributed by atoms with Crippen molar-refractivity contribution in [2.24, 2.45) is 5.92 Å². The number of benzene rings is 2. The predicted molar refractivity (Wildman–Crippen MR) is 133 cm³/mol. The van der Waals surface area contributed by atoms with Crippen LogP contribution in [0.1, 0.15) is 69.5 Å². The SMILES string of the molecule is Cc1c(C)c(C)c(N2C=CN(c3c(C)c(C)c(C)c(C)c3C)C2C(C)C)c(C)c1C. The third-order valence-corrected chi connectivity index (χ3v) is 7.99. The molecule has 1 aliphatic rings. The van der Waals surface area contributed by atoms with Gasteiger partial charge in [-0.2, -0.15) is 0 Å². The van der Waals surface area contributed by atoms with Crippen LogP contribution in [-0.2, 0) is 0 Å². The molecule has 30 heavy (non-hydrogen) atoms. The molecule has 0 aliphatic carbocycles. The van der Waals surface area contributed by atoms with Gasteiger partial charge in [-0.15, -0.1) is 0 Å². The van der Waals surface area contributed by atoms with E-state index in [0.29, 0.717) is 5.92 Å². The number of anilines is 2. The molecule has 0 unspecified atom stereocenters. The third kappa shape index (κ3) is 3.16. The van der Waals surface area contributed by atoms with Crippen molar-refractivity contribution in [3.8, 4) is 0 Å². The quantitative estimate of drug-likeness (QED) is 0.521. The van der Waals surface area contributed by atoms with Crippen molar-refractivity contribution < 1.29 is 0 Å². The second kappa shape index (κ2) is 7.80. The number of rotatable bonds is 3. The lowest BCUT2D eigenvalue weighted by Crippen LogP contribution is -2.44. The average molecular weight is 405 g/mol. The van der Waals surface area contributed by atoms with Gasteiger partial charge in [-0.25, -0.2) is 0 Å². The fourth-order valence-electron chi connectivity index (χ4n) is 5.25. The summed E-state index contributed by atoms with van der Waals surface area (Å²) in [6.45, 7) is 27.4. The van der Waals surface area contributed by atoms with Gasteiger partial charge in [-0.05, 0) is 131 Å². The number of nitrogens with zero attached hydrogens (tertiary/aromatic N) is 2. The zero-order chi connectivity index (χ0) is 22.7. The molecule has 0 atom stereocenters. The highest BCUT2D eigenvalue weighted by molar-refractivity contribution is 5.74. The number of hydrogen-bond acceptors (Lipinski definition) is 2. The minimum atomic E-state index is 0.266. The third-order valence-electron chi connectivity index (χ3n) is 7.99. The Morgan fingerprint density at radius 3 is 0.933 bits per heavy atom. The zero-order valence-corrected chi connectivity index (χ0v) is 21.2. The molecule has 0 saturated carbocycles. The van der Waals surface area contributed by atoms with Crippen LogP contribution in [0.15, 0.2) is 12.4 Å². The van der Waals surface area contributed by atoms with E-state index in [0.717, 1.165) is 0 Å². The molecule has 3 rings (SSSR count). The zero-order valence-electron chi connectivity index (χ0n) is 21.2. The van der Waals surface area contributed by atoms with E-state index < -0.39 is 0 Å². The molecular formula is C28H40N2. The number of hydrogen-bond donors (Lipinski definition) is 0. The summed E-state index contributed by atoms with van der Waals surface area (Å²) in [6.07, 6.45) is 4.87. The van der Waals surface area contributed by atoms with Gasteiger partial charge in [0.1, 0.15) is 6.17 Å². The molecule has 2 heteroatoms. The Kier molecular flexibility index (Phi) is 5.84. The Morgan fingerprint density at radius 1 is 0.467 bits per heavy atom. The molecule has 2 aromatic carbocycles. The van der Waals surface area contributed by atoms with E-state index in [1.165, 1.54) is 67.0 Å². The van der Waals surface area contributed by atoms with Crippen molar-refractivity contribution in [3.05, 3.63) is 68.0 Å². The first-order chi connectivity index (χ1) is 13.9. The fourth-order valence-corrected chi connectivity index (χ4v) is 5.25. The molecule has 0 amide bonds. The van der Waals surface area contributed by atoms with Crippen LogP contribution >= 0.6 is 0 Å². The van der Waals surface area contributed by atoms with Gasteiger partial charge in [0, 0.05) is 23.8 Å². The van der Waals surface area contributed by atoms with Crippen molar-refractivity contribution in [1.82, 2.24) is 0 Å². The highest BCUT2D eigenvalue weighted by atomic mass is 15.4. The first-order valence-electron chi connectivity index (χ1n) is 11.3. The van der Waals surface area contributed by atoms with Gasteiger partial charge < -0.3 is 9.80 Å². The van der Waals surface area contributed by atoms with Crippen LogP contribution in [0.3, 0.4) is 0 Å². The van der Waals surface area contributed by atoms with Crippen LogP contribution in [0.25, 0.3) is 0 Å². The van der Waals surface area contributed by atoms with E-state index in [1.54, 1.807) is 0 Å². The summed E-state index contributed by atoms with van der Waals surface area (Å²) < 4.78 is 0. The Hall–Kier alpha value is -2.22. The highest BCUT2D eigenvalue weighted by Crippen LogP contribution is 2.42. The maximum atomic E-state index is 2.53. The summed E-state index contributed by atoms with van der Waals surface area (Å²) in [5.41, 5.74) is 16.9. The second-order valence-corrected chi connectivity index (χ2v) is 9.72. The minimum Gasteiger partial charge on any atom is -0.325 e. The molecule has 0 N–H and O–H groups in total. The topological polar surface area (TPSA) is 6.48 Å². The molecule has 0 saturated heterocycles. The van der Waals surface area contributed by atoms with Gasteiger partial charge in [0.05, 0.1) is 0 Å². The lowest BCUT2D eigenvalue weighted by molar-refractivity contribution is 0.499. The van der Waals surface area contributed by atoms with Gasteiger partial charge >= 0.3 is 0 Å². The van der Waals surface area contributed by atoms with Gasteiger partial charge in [0.25, 0.3) is 0 Å². The lowest BCUT2D eigenvalue weighted by Gasteiger charge is -2.39. The van der Waals surface area contributed by atoms with E-state index >= 15 is 0 Å². The van der Waals surface area contributed by atoms with Crippen molar-refractivity contribution in [3.63, 3.8) is 0 Å². The molecule has 1 heterocycles. The first-order valence-corrected chi connectivity index (χ1v) is 11.3. The molecule has 0 bridgehead atoms. The Bertz CT molecular complexity index is 902.